The molecule has 2 aliphatic rings. The minimum Gasteiger partial charge on any atom is -0.0625 e. The molecule has 80 valence electrons. The van der Waals surface area contributed by atoms with E-state index in [9.17, 15) is 0 Å². The van der Waals surface area contributed by atoms with Crippen LogP contribution in [0, 0.1) is 17.8 Å². The largest absolute Gasteiger partial charge is 0.0625 e. The van der Waals surface area contributed by atoms with E-state index in [1.54, 1.807) is 5.56 Å². The van der Waals surface area contributed by atoms with E-state index < -0.39 is 0 Å². The summed E-state index contributed by atoms with van der Waals surface area (Å²) < 4.78 is 0. The van der Waals surface area contributed by atoms with E-state index in [1.165, 1.54) is 19.3 Å². The SMILES string of the molecule is CC(C)[C@H]1CC[C@@]2(c3ccccc3)CC12. The van der Waals surface area contributed by atoms with Crippen LogP contribution in [0.15, 0.2) is 30.3 Å². The Morgan fingerprint density at radius 1 is 1.20 bits per heavy atom. The summed E-state index contributed by atoms with van der Waals surface area (Å²) in [6, 6.07) is 11.2. The van der Waals surface area contributed by atoms with Crippen molar-refractivity contribution in [3.8, 4) is 0 Å². The second-order valence-electron chi connectivity index (χ2n) is 5.78. The van der Waals surface area contributed by atoms with Crippen LogP contribution in [0.1, 0.15) is 38.7 Å². The van der Waals surface area contributed by atoms with Gasteiger partial charge < -0.3 is 0 Å². The van der Waals surface area contributed by atoms with E-state index in [0.29, 0.717) is 5.41 Å². The Balaban J connectivity index is 1.87. The molecule has 2 fully saturated rings. The van der Waals surface area contributed by atoms with Gasteiger partial charge in [0.25, 0.3) is 0 Å². The molecule has 0 N–H and O–H groups in total. The van der Waals surface area contributed by atoms with E-state index in [1.807, 2.05) is 0 Å². The Morgan fingerprint density at radius 3 is 2.47 bits per heavy atom. The van der Waals surface area contributed by atoms with Gasteiger partial charge in [0.15, 0.2) is 0 Å². The molecule has 0 nitrogen and oxygen atoms in total. The molecule has 0 aromatic heterocycles. The Kier molecular flexibility index (Phi) is 1.95. The van der Waals surface area contributed by atoms with Gasteiger partial charge in [0.2, 0.25) is 0 Å². The monoisotopic (exact) mass is 200 g/mol. The Morgan fingerprint density at radius 2 is 1.93 bits per heavy atom. The molecule has 0 radical (unpaired) electrons. The Labute approximate surface area is 92.7 Å². The Hall–Kier alpha value is -0.780. The summed E-state index contributed by atoms with van der Waals surface area (Å²) in [4.78, 5) is 0. The lowest BCUT2D eigenvalue weighted by molar-refractivity contribution is 0.352. The maximum absolute atomic E-state index is 2.39. The number of hydrogen-bond acceptors (Lipinski definition) is 0. The first-order valence-corrected chi connectivity index (χ1v) is 6.29. The molecular formula is C15H20. The number of rotatable bonds is 2. The fourth-order valence-electron chi connectivity index (χ4n) is 3.85. The number of benzene rings is 1. The lowest BCUT2D eigenvalue weighted by atomic mass is 9.91. The first-order valence-electron chi connectivity index (χ1n) is 6.29. The van der Waals surface area contributed by atoms with Crippen molar-refractivity contribution in [1.29, 1.82) is 0 Å². The fraction of sp³-hybridized carbons (Fsp3) is 0.600. The molecule has 0 heteroatoms. The molecule has 1 aromatic carbocycles. The highest BCUT2D eigenvalue weighted by Crippen LogP contribution is 2.68. The van der Waals surface area contributed by atoms with Gasteiger partial charge in [-0.2, -0.15) is 0 Å². The van der Waals surface area contributed by atoms with E-state index in [4.69, 9.17) is 0 Å². The third-order valence-electron chi connectivity index (χ3n) is 4.78. The van der Waals surface area contributed by atoms with Gasteiger partial charge in [0.1, 0.15) is 0 Å². The smallest absolute Gasteiger partial charge is 0.00125 e. The van der Waals surface area contributed by atoms with Gasteiger partial charge in [0, 0.05) is 0 Å². The van der Waals surface area contributed by atoms with Crippen LogP contribution in [0.2, 0.25) is 0 Å². The molecule has 1 unspecified atom stereocenters. The zero-order valence-corrected chi connectivity index (χ0v) is 9.74. The lowest BCUT2D eigenvalue weighted by Gasteiger charge is -2.14. The Bertz CT molecular complexity index is 352. The van der Waals surface area contributed by atoms with E-state index >= 15 is 0 Å². The van der Waals surface area contributed by atoms with Crippen molar-refractivity contribution in [1.82, 2.24) is 0 Å². The van der Waals surface area contributed by atoms with Crippen LogP contribution in [-0.2, 0) is 5.41 Å². The van der Waals surface area contributed by atoms with Gasteiger partial charge in [-0.05, 0) is 48.0 Å². The van der Waals surface area contributed by atoms with E-state index in [-0.39, 0.29) is 0 Å². The highest BCUT2D eigenvalue weighted by atomic mass is 14.7. The quantitative estimate of drug-likeness (QED) is 0.676. The van der Waals surface area contributed by atoms with Crippen molar-refractivity contribution in [2.45, 2.75) is 38.5 Å². The summed E-state index contributed by atoms with van der Waals surface area (Å²) in [6.07, 6.45) is 4.35. The molecule has 0 amide bonds. The second kappa shape index (κ2) is 3.10. The lowest BCUT2D eigenvalue weighted by Crippen LogP contribution is -2.08. The molecule has 1 aromatic rings. The minimum atomic E-state index is 0.607. The molecule has 0 saturated heterocycles. The van der Waals surface area contributed by atoms with E-state index in [2.05, 4.69) is 44.2 Å². The molecule has 3 rings (SSSR count). The van der Waals surface area contributed by atoms with Crippen LogP contribution in [0.5, 0.6) is 0 Å². The van der Waals surface area contributed by atoms with Crippen molar-refractivity contribution in [2.24, 2.45) is 17.8 Å². The van der Waals surface area contributed by atoms with Crippen LogP contribution in [0.25, 0.3) is 0 Å². The van der Waals surface area contributed by atoms with Crippen molar-refractivity contribution >= 4 is 0 Å². The predicted molar refractivity (Wildman–Crippen MR) is 63.8 cm³/mol. The summed E-state index contributed by atoms with van der Waals surface area (Å²) in [5.74, 6) is 2.87. The van der Waals surface area contributed by atoms with Crippen LogP contribution in [-0.4, -0.2) is 0 Å². The zero-order valence-electron chi connectivity index (χ0n) is 9.74. The van der Waals surface area contributed by atoms with Gasteiger partial charge in [-0.1, -0.05) is 44.2 Å². The maximum Gasteiger partial charge on any atom is -0.00125 e. The molecule has 2 saturated carbocycles. The first kappa shape index (κ1) is 9.45. The van der Waals surface area contributed by atoms with Gasteiger partial charge in [-0.25, -0.2) is 0 Å². The average molecular weight is 200 g/mol. The topological polar surface area (TPSA) is 0 Å². The van der Waals surface area contributed by atoms with Crippen LogP contribution < -0.4 is 0 Å². The van der Waals surface area contributed by atoms with Crippen molar-refractivity contribution in [2.75, 3.05) is 0 Å². The first-order chi connectivity index (χ1) is 7.24. The standard InChI is InChI=1S/C15H20/c1-11(2)13-8-9-15(10-14(13)15)12-6-4-3-5-7-12/h3-7,11,13-14H,8-10H2,1-2H3/t13-,14?,15+/m1/s1. The molecule has 0 aliphatic heterocycles. The van der Waals surface area contributed by atoms with Gasteiger partial charge in [0.05, 0.1) is 0 Å². The molecular weight excluding hydrogens is 180 g/mol. The van der Waals surface area contributed by atoms with Gasteiger partial charge >= 0.3 is 0 Å². The maximum atomic E-state index is 2.39. The summed E-state index contributed by atoms with van der Waals surface area (Å²) in [5.41, 5.74) is 2.22. The molecule has 15 heavy (non-hydrogen) atoms. The third-order valence-corrected chi connectivity index (χ3v) is 4.78. The number of hydrogen-bond donors (Lipinski definition) is 0. The highest BCUT2D eigenvalue weighted by molar-refractivity contribution is 5.36. The number of fused-ring (bicyclic) bond motifs is 1. The van der Waals surface area contributed by atoms with Crippen LogP contribution >= 0.6 is 0 Å². The van der Waals surface area contributed by atoms with Gasteiger partial charge in [-0.15, -0.1) is 0 Å². The normalized spacial score (nSPS) is 38.1. The zero-order chi connectivity index (χ0) is 10.5. The van der Waals surface area contributed by atoms with Crippen molar-refractivity contribution in [3.05, 3.63) is 35.9 Å². The molecule has 0 spiro atoms. The third kappa shape index (κ3) is 1.27. The van der Waals surface area contributed by atoms with Crippen molar-refractivity contribution < 1.29 is 0 Å². The summed E-state index contributed by atoms with van der Waals surface area (Å²) in [7, 11) is 0. The van der Waals surface area contributed by atoms with Crippen LogP contribution in [0.4, 0.5) is 0 Å². The predicted octanol–water partition coefficient (Wildman–Crippen LogP) is 4.01. The summed E-state index contributed by atoms with van der Waals surface area (Å²) in [6.45, 7) is 4.79. The summed E-state index contributed by atoms with van der Waals surface area (Å²) >= 11 is 0. The van der Waals surface area contributed by atoms with Crippen LogP contribution in [0.3, 0.4) is 0 Å². The van der Waals surface area contributed by atoms with E-state index in [0.717, 1.165) is 17.8 Å². The fourth-order valence-corrected chi connectivity index (χ4v) is 3.85. The van der Waals surface area contributed by atoms with Gasteiger partial charge in [-0.3, -0.25) is 0 Å². The molecule has 2 aliphatic carbocycles. The molecule has 3 atom stereocenters. The highest BCUT2D eigenvalue weighted by Gasteiger charge is 2.62. The second-order valence-corrected chi connectivity index (χ2v) is 5.78. The molecule has 0 heterocycles. The molecule has 0 bridgehead atoms. The van der Waals surface area contributed by atoms with Crippen molar-refractivity contribution in [3.63, 3.8) is 0 Å². The minimum absolute atomic E-state index is 0.607. The average Bonchev–Trinajstić information content (AvgIpc) is 2.87. The summed E-state index contributed by atoms with van der Waals surface area (Å²) in [5, 5.41) is 0.